The number of halogens is 3. The first-order valence-corrected chi connectivity index (χ1v) is 12.5. The smallest absolute Gasteiger partial charge is 0.354 e. The predicted octanol–water partition coefficient (Wildman–Crippen LogP) is 4.65. The van der Waals surface area contributed by atoms with E-state index in [9.17, 15) is 22.8 Å². The number of aromatic nitrogens is 1. The molecule has 1 aliphatic heterocycles. The Hall–Kier alpha value is -3.63. The van der Waals surface area contributed by atoms with Gasteiger partial charge in [0.25, 0.3) is 5.91 Å². The topological polar surface area (TPSA) is 71.7 Å². The molecule has 0 unspecified atom stereocenters. The van der Waals surface area contributed by atoms with Gasteiger partial charge in [0.15, 0.2) is 0 Å². The van der Waals surface area contributed by atoms with Gasteiger partial charge in [-0.25, -0.2) is 0 Å². The summed E-state index contributed by atoms with van der Waals surface area (Å²) in [4.78, 5) is 34.8. The second-order valence-corrected chi connectivity index (χ2v) is 9.75. The number of benzene rings is 2. The molecule has 2 aromatic carbocycles. The SMILES string of the molecule is CC(=O)Nc1cccc(-c2[nH]c(-c3ccc(C(F)(F)F)cc3)cc2C(=O)N2CCN(CCN(C)C)CC2)c1. The average molecular weight is 528 g/mol. The standard InChI is InChI=1S/C28H32F3N5O2/c1-19(37)32-23-6-4-5-21(17-23)26-24(27(38)36-15-13-35(14-16-36)12-11-34(2)3)18-25(33-26)20-7-9-22(10-8-20)28(29,30)31/h4-10,17-18,33H,11-16H2,1-3H3,(H,32,37). The zero-order valence-corrected chi connectivity index (χ0v) is 21.7. The Bertz CT molecular complexity index is 1280. The highest BCUT2D eigenvalue weighted by atomic mass is 19.4. The van der Waals surface area contributed by atoms with E-state index in [-0.39, 0.29) is 11.8 Å². The molecule has 0 radical (unpaired) electrons. The molecular weight excluding hydrogens is 495 g/mol. The van der Waals surface area contributed by atoms with E-state index in [1.807, 2.05) is 25.1 Å². The summed E-state index contributed by atoms with van der Waals surface area (Å²) < 4.78 is 39.2. The van der Waals surface area contributed by atoms with E-state index in [0.29, 0.717) is 46.9 Å². The van der Waals surface area contributed by atoms with E-state index >= 15 is 0 Å². The van der Waals surface area contributed by atoms with Gasteiger partial charge < -0.3 is 20.1 Å². The average Bonchev–Trinajstić information content (AvgIpc) is 3.32. The van der Waals surface area contributed by atoms with Crippen molar-refractivity contribution in [3.8, 4) is 22.5 Å². The summed E-state index contributed by atoms with van der Waals surface area (Å²) in [6.45, 7) is 5.98. The molecule has 10 heteroatoms. The maximum absolute atomic E-state index is 13.7. The van der Waals surface area contributed by atoms with E-state index in [4.69, 9.17) is 0 Å². The molecule has 2 N–H and O–H groups in total. The van der Waals surface area contributed by atoms with Crippen molar-refractivity contribution in [2.24, 2.45) is 0 Å². The Morgan fingerprint density at radius 3 is 2.26 bits per heavy atom. The number of carbonyl (C=O) groups is 2. The molecule has 0 aliphatic carbocycles. The largest absolute Gasteiger partial charge is 0.416 e. The minimum atomic E-state index is -4.43. The lowest BCUT2D eigenvalue weighted by Gasteiger charge is -2.35. The molecule has 3 aromatic rings. The second kappa shape index (κ2) is 11.4. The fourth-order valence-corrected chi connectivity index (χ4v) is 4.49. The molecule has 0 saturated carbocycles. The second-order valence-electron chi connectivity index (χ2n) is 9.75. The van der Waals surface area contributed by atoms with Crippen LogP contribution in [-0.4, -0.2) is 84.9 Å². The van der Waals surface area contributed by atoms with E-state index in [1.54, 1.807) is 24.3 Å². The molecule has 1 aromatic heterocycles. The lowest BCUT2D eigenvalue weighted by molar-refractivity contribution is -0.137. The number of likely N-dealkylation sites (N-methyl/N-ethyl adjacent to an activating group) is 1. The molecule has 2 amide bonds. The third kappa shape index (κ3) is 6.62. The predicted molar refractivity (Wildman–Crippen MR) is 142 cm³/mol. The number of nitrogens with zero attached hydrogens (tertiary/aromatic N) is 3. The fourth-order valence-electron chi connectivity index (χ4n) is 4.49. The number of alkyl halides is 3. The van der Waals surface area contributed by atoms with Crippen molar-refractivity contribution < 1.29 is 22.8 Å². The van der Waals surface area contributed by atoms with Crippen LogP contribution in [0.4, 0.5) is 18.9 Å². The molecule has 202 valence electrons. The van der Waals surface area contributed by atoms with Crippen LogP contribution in [0.3, 0.4) is 0 Å². The van der Waals surface area contributed by atoms with Crippen LogP contribution in [0.5, 0.6) is 0 Å². The zero-order chi connectivity index (χ0) is 27.4. The van der Waals surface area contributed by atoms with Gasteiger partial charge in [-0.05, 0) is 50.0 Å². The molecule has 7 nitrogen and oxygen atoms in total. The van der Waals surface area contributed by atoms with Crippen LogP contribution in [0.1, 0.15) is 22.8 Å². The zero-order valence-electron chi connectivity index (χ0n) is 21.7. The number of amides is 2. The molecule has 1 aliphatic rings. The molecule has 2 heterocycles. The molecule has 0 bridgehead atoms. The van der Waals surface area contributed by atoms with Crippen molar-refractivity contribution in [1.82, 2.24) is 19.7 Å². The number of hydrogen-bond donors (Lipinski definition) is 2. The summed E-state index contributed by atoms with van der Waals surface area (Å²) in [5.41, 5.74) is 2.57. The van der Waals surface area contributed by atoms with Crippen LogP contribution in [-0.2, 0) is 11.0 Å². The molecular formula is C28H32F3N5O2. The monoisotopic (exact) mass is 527 g/mol. The number of carbonyl (C=O) groups excluding carboxylic acids is 2. The molecule has 1 saturated heterocycles. The molecule has 0 spiro atoms. The van der Waals surface area contributed by atoms with E-state index in [1.165, 1.54) is 19.1 Å². The summed E-state index contributed by atoms with van der Waals surface area (Å²) in [6, 6.07) is 13.7. The first-order valence-electron chi connectivity index (χ1n) is 12.5. The lowest BCUT2D eigenvalue weighted by Crippen LogP contribution is -2.50. The van der Waals surface area contributed by atoms with Gasteiger partial charge in [0.1, 0.15) is 0 Å². The molecule has 38 heavy (non-hydrogen) atoms. The number of anilines is 1. The van der Waals surface area contributed by atoms with Crippen molar-refractivity contribution in [1.29, 1.82) is 0 Å². The highest BCUT2D eigenvalue weighted by molar-refractivity contribution is 6.02. The third-order valence-corrected chi connectivity index (χ3v) is 6.57. The first kappa shape index (κ1) is 27.4. The van der Waals surface area contributed by atoms with Gasteiger partial charge in [-0.2, -0.15) is 13.2 Å². The number of aromatic amines is 1. The highest BCUT2D eigenvalue weighted by Crippen LogP contribution is 2.34. The van der Waals surface area contributed by atoms with Gasteiger partial charge in [-0.15, -0.1) is 0 Å². The summed E-state index contributed by atoms with van der Waals surface area (Å²) in [5.74, 6) is -0.367. The van der Waals surface area contributed by atoms with Crippen molar-refractivity contribution in [2.75, 3.05) is 58.7 Å². The van der Waals surface area contributed by atoms with Crippen molar-refractivity contribution >= 4 is 17.5 Å². The maximum atomic E-state index is 13.7. The van der Waals surface area contributed by atoms with Crippen molar-refractivity contribution in [2.45, 2.75) is 13.1 Å². The minimum Gasteiger partial charge on any atom is -0.354 e. The van der Waals surface area contributed by atoms with Crippen molar-refractivity contribution in [3.05, 3.63) is 65.7 Å². The first-order chi connectivity index (χ1) is 18.0. The quantitative estimate of drug-likeness (QED) is 0.470. The van der Waals surface area contributed by atoms with Crippen LogP contribution >= 0.6 is 0 Å². The maximum Gasteiger partial charge on any atom is 0.416 e. The summed E-state index contributed by atoms with van der Waals surface area (Å²) in [5, 5.41) is 2.75. The normalized spacial score (nSPS) is 14.7. The summed E-state index contributed by atoms with van der Waals surface area (Å²) >= 11 is 0. The van der Waals surface area contributed by atoms with Gasteiger partial charge in [0.05, 0.1) is 16.8 Å². The van der Waals surface area contributed by atoms with Gasteiger partial charge in [0.2, 0.25) is 5.91 Å². The van der Waals surface area contributed by atoms with E-state index < -0.39 is 11.7 Å². The van der Waals surface area contributed by atoms with Gasteiger partial charge in [0, 0.05) is 63.1 Å². The Morgan fingerprint density at radius 1 is 0.974 bits per heavy atom. The van der Waals surface area contributed by atoms with Crippen LogP contribution < -0.4 is 5.32 Å². The van der Waals surface area contributed by atoms with Gasteiger partial charge in [-0.1, -0.05) is 24.3 Å². The summed E-state index contributed by atoms with van der Waals surface area (Å²) in [6.07, 6.45) is -4.43. The van der Waals surface area contributed by atoms with Gasteiger partial charge >= 0.3 is 6.18 Å². The number of piperazine rings is 1. The lowest BCUT2D eigenvalue weighted by atomic mass is 10.0. The van der Waals surface area contributed by atoms with Crippen LogP contribution in [0, 0.1) is 0 Å². The number of H-pyrrole nitrogens is 1. The molecule has 1 fully saturated rings. The molecule has 0 atom stereocenters. The van der Waals surface area contributed by atoms with E-state index in [2.05, 4.69) is 20.1 Å². The fraction of sp³-hybridized carbons (Fsp3) is 0.357. The van der Waals surface area contributed by atoms with Crippen LogP contribution in [0.25, 0.3) is 22.5 Å². The van der Waals surface area contributed by atoms with Crippen LogP contribution in [0.15, 0.2) is 54.6 Å². The molecule has 4 rings (SSSR count). The van der Waals surface area contributed by atoms with E-state index in [0.717, 1.165) is 38.3 Å². The summed E-state index contributed by atoms with van der Waals surface area (Å²) in [7, 11) is 4.06. The Morgan fingerprint density at radius 2 is 1.66 bits per heavy atom. The third-order valence-electron chi connectivity index (χ3n) is 6.57. The van der Waals surface area contributed by atoms with Gasteiger partial charge in [-0.3, -0.25) is 14.5 Å². The minimum absolute atomic E-state index is 0.147. The number of hydrogen-bond acceptors (Lipinski definition) is 4. The Kier molecular flexibility index (Phi) is 8.23. The Labute approximate surface area is 220 Å². The van der Waals surface area contributed by atoms with Crippen molar-refractivity contribution in [3.63, 3.8) is 0 Å². The Balaban J connectivity index is 1.65. The van der Waals surface area contributed by atoms with Crippen LogP contribution in [0.2, 0.25) is 0 Å². The number of nitrogens with one attached hydrogen (secondary N) is 2. The highest BCUT2D eigenvalue weighted by Gasteiger charge is 2.30. The number of rotatable bonds is 7.